The molecule has 131 valence electrons. The van der Waals surface area contributed by atoms with Crippen molar-refractivity contribution in [2.45, 2.75) is 32.4 Å². The molecule has 0 amide bonds. The van der Waals surface area contributed by atoms with E-state index in [2.05, 4.69) is 5.48 Å². The molecule has 0 saturated carbocycles. The average Bonchev–Trinajstić information content (AvgIpc) is 2.60. The van der Waals surface area contributed by atoms with Crippen LogP contribution in [0.3, 0.4) is 0 Å². The Kier molecular flexibility index (Phi) is 10.6. The monoisotopic (exact) mass is 417 g/mol. The van der Waals surface area contributed by atoms with Gasteiger partial charge in [0.05, 0.1) is 5.76 Å². The first kappa shape index (κ1) is 21.8. The van der Waals surface area contributed by atoms with Gasteiger partial charge in [-0.2, -0.15) is 0 Å². The van der Waals surface area contributed by atoms with Crippen LogP contribution in [0.4, 0.5) is 0 Å². The van der Waals surface area contributed by atoms with Crippen LogP contribution in [-0.2, 0) is 55.6 Å². The number of rotatable bonds is 9. The maximum atomic E-state index is 10.1. The van der Waals surface area contributed by atoms with Crippen LogP contribution in [0.25, 0.3) is 5.48 Å². The number of phenolic OH excluding ortho intramolecular Hbond substituents is 1. The molecular formula is C19H22NO4Y-. The SMILES string of the molecule is CC/C=C(\O)C(Cc1ccc(O)cc1)[N-]OOCc1ccccc1.[Y]. The molecule has 0 spiro atoms. The first-order valence-corrected chi connectivity index (χ1v) is 7.88. The third-order valence-corrected chi connectivity index (χ3v) is 3.41. The minimum absolute atomic E-state index is 0. The summed E-state index contributed by atoms with van der Waals surface area (Å²) in [4.78, 5) is 10.0. The number of hydroxylamine groups is 1. The fourth-order valence-electron chi connectivity index (χ4n) is 2.15. The summed E-state index contributed by atoms with van der Waals surface area (Å²) in [6.45, 7) is 2.20. The molecule has 0 aromatic heterocycles. The van der Waals surface area contributed by atoms with Crippen molar-refractivity contribution in [3.63, 3.8) is 0 Å². The van der Waals surface area contributed by atoms with Gasteiger partial charge in [-0.3, -0.25) is 0 Å². The molecule has 0 aliphatic rings. The van der Waals surface area contributed by atoms with Crippen molar-refractivity contribution < 1.29 is 52.8 Å². The maximum absolute atomic E-state index is 10.1. The van der Waals surface area contributed by atoms with E-state index in [1.54, 1.807) is 30.3 Å². The zero-order valence-electron chi connectivity index (χ0n) is 14.2. The van der Waals surface area contributed by atoms with E-state index in [0.29, 0.717) is 12.8 Å². The molecule has 2 rings (SSSR count). The standard InChI is InChI=1S/C19H22NO4.Y/c1-2-6-19(22)18(13-15-9-11-17(21)12-10-15)20-24-23-14-16-7-4-3-5-8-16;/h3-12,18,21-22H,2,13-14H2,1H3;/q-1;/b19-6-;. The molecule has 1 unspecified atom stereocenters. The molecule has 0 saturated heterocycles. The smallest absolute Gasteiger partial charge is 0.115 e. The Morgan fingerprint density at radius 2 is 1.76 bits per heavy atom. The van der Waals surface area contributed by atoms with Crippen molar-refractivity contribution >= 4 is 0 Å². The molecule has 2 aromatic rings. The third-order valence-electron chi connectivity index (χ3n) is 3.41. The summed E-state index contributed by atoms with van der Waals surface area (Å²) in [6.07, 6.45) is 2.82. The van der Waals surface area contributed by atoms with Crippen molar-refractivity contribution in [2.24, 2.45) is 0 Å². The van der Waals surface area contributed by atoms with E-state index in [-0.39, 0.29) is 50.8 Å². The van der Waals surface area contributed by atoms with Crippen LogP contribution in [0.2, 0.25) is 0 Å². The molecule has 6 heteroatoms. The molecule has 0 heterocycles. The number of aliphatic hydroxyl groups is 1. The fraction of sp³-hybridized carbons (Fsp3) is 0.263. The predicted molar refractivity (Wildman–Crippen MR) is 92.3 cm³/mol. The fourth-order valence-corrected chi connectivity index (χ4v) is 2.15. The summed E-state index contributed by atoms with van der Waals surface area (Å²) in [5, 5.41) is 19.5. The Hall–Kier alpha value is -1.24. The van der Waals surface area contributed by atoms with Crippen LogP contribution in [0.5, 0.6) is 5.75 Å². The summed E-state index contributed by atoms with van der Waals surface area (Å²) in [5.74, 6) is 0.330. The summed E-state index contributed by atoms with van der Waals surface area (Å²) < 4.78 is 0. The van der Waals surface area contributed by atoms with E-state index in [9.17, 15) is 10.2 Å². The van der Waals surface area contributed by atoms with Crippen LogP contribution >= 0.6 is 0 Å². The number of allylic oxidation sites excluding steroid dienone is 1. The van der Waals surface area contributed by atoms with Gasteiger partial charge in [0.25, 0.3) is 0 Å². The van der Waals surface area contributed by atoms with Gasteiger partial charge >= 0.3 is 0 Å². The van der Waals surface area contributed by atoms with Crippen molar-refractivity contribution in [1.29, 1.82) is 0 Å². The number of aromatic hydroxyl groups is 1. The van der Waals surface area contributed by atoms with Gasteiger partial charge in [0.2, 0.25) is 0 Å². The molecule has 0 aliphatic carbocycles. The van der Waals surface area contributed by atoms with Gasteiger partial charge in [0, 0.05) is 32.7 Å². The Bertz CT molecular complexity index is 632. The number of aliphatic hydroxyl groups excluding tert-OH is 1. The molecule has 25 heavy (non-hydrogen) atoms. The second-order valence-electron chi connectivity index (χ2n) is 5.35. The van der Waals surface area contributed by atoms with E-state index in [1.807, 2.05) is 37.3 Å². The molecule has 2 aromatic carbocycles. The summed E-state index contributed by atoms with van der Waals surface area (Å²) >= 11 is 0. The molecule has 0 aliphatic heterocycles. The molecule has 0 fully saturated rings. The van der Waals surface area contributed by atoms with E-state index in [1.165, 1.54) is 0 Å². The predicted octanol–water partition coefficient (Wildman–Crippen LogP) is 4.59. The first-order chi connectivity index (χ1) is 11.7. The number of nitrogens with zero attached hydrogens (tertiary/aromatic N) is 1. The van der Waals surface area contributed by atoms with Crippen LogP contribution in [0.15, 0.2) is 66.4 Å². The molecule has 1 radical (unpaired) electrons. The topological polar surface area (TPSA) is 73.0 Å². The molecule has 2 N–H and O–H groups in total. The molecule has 1 atom stereocenters. The van der Waals surface area contributed by atoms with E-state index < -0.39 is 6.04 Å². The largest absolute Gasteiger partial charge is 0.514 e. The zero-order chi connectivity index (χ0) is 17.2. The molecular weight excluding hydrogens is 395 g/mol. The Morgan fingerprint density at radius 3 is 2.40 bits per heavy atom. The van der Waals surface area contributed by atoms with Crippen molar-refractivity contribution in [1.82, 2.24) is 0 Å². The van der Waals surface area contributed by atoms with Crippen molar-refractivity contribution in [3.05, 3.63) is 83.0 Å². The van der Waals surface area contributed by atoms with Gasteiger partial charge in [0.1, 0.15) is 12.4 Å². The van der Waals surface area contributed by atoms with Gasteiger partial charge in [-0.05, 0) is 42.2 Å². The average molecular weight is 417 g/mol. The molecule has 0 bridgehead atoms. The summed E-state index contributed by atoms with van der Waals surface area (Å²) in [7, 11) is 0. The third kappa shape index (κ3) is 8.12. The quantitative estimate of drug-likeness (QED) is 0.271. The van der Waals surface area contributed by atoms with Crippen molar-refractivity contribution in [2.75, 3.05) is 0 Å². The minimum atomic E-state index is -0.565. The first-order valence-electron chi connectivity index (χ1n) is 7.88. The maximum Gasteiger partial charge on any atom is 0.115 e. The Labute approximate surface area is 173 Å². The van der Waals surface area contributed by atoms with Crippen LogP contribution in [0, 0.1) is 0 Å². The van der Waals surface area contributed by atoms with E-state index in [0.717, 1.165) is 11.1 Å². The minimum Gasteiger partial charge on any atom is -0.514 e. The van der Waals surface area contributed by atoms with Gasteiger partial charge in [-0.1, -0.05) is 55.4 Å². The number of hydrogen-bond acceptors (Lipinski definition) is 4. The molecule has 5 nitrogen and oxygen atoms in total. The Balaban J connectivity index is 0.00000312. The number of phenols is 1. The summed E-state index contributed by atoms with van der Waals surface area (Å²) in [6, 6.07) is 15.8. The van der Waals surface area contributed by atoms with Crippen molar-refractivity contribution in [3.8, 4) is 5.75 Å². The van der Waals surface area contributed by atoms with Crippen LogP contribution in [-0.4, -0.2) is 16.3 Å². The number of benzene rings is 2. The van der Waals surface area contributed by atoms with Crippen LogP contribution < -0.4 is 0 Å². The van der Waals surface area contributed by atoms with Gasteiger partial charge in [0.15, 0.2) is 0 Å². The van der Waals surface area contributed by atoms with Crippen LogP contribution in [0.1, 0.15) is 24.5 Å². The van der Waals surface area contributed by atoms with Gasteiger partial charge < -0.3 is 20.7 Å². The number of hydrogen-bond donors (Lipinski definition) is 2. The summed E-state index contributed by atoms with van der Waals surface area (Å²) in [5.41, 5.74) is 5.86. The Morgan fingerprint density at radius 1 is 1.08 bits per heavy atom. The van der Waals surface area contributed by atoms with E-state index >= 15 is 0 Å². The van der Waals surface area contributed by atoms with E-state index in [4.69, 9.17) is 9.88 Å². The normalized spacial score (nSPS) is 12.4. The van der Waals surface area contributed by atoms with Gasteiger partial charge in [-0.25, -0.2) is 4.89 Å². The zero-order valence-corrected chi connectivity index (χ0v) is 17.0. The second kappa shape index (κ2) is 12.2. The van der Waals surface area contributed by atoms with Gasteiger partial charge in [-0.15, -0.1) is 0 Å². The second-order valence-corrected chi connectivity index (χ2v) is 5.35.